The van der Waals surface area contributed by atoms with E-state index in [1.54, 1.807) is 0 Å². The summed E-state index contributed by atoms with van der Waals surface area (Å²) >= 11 is 0. The Morgan fingerprint density at radius 2 is 2.00 bits per heavy atom. The summed E-state index contributed by atoms with van der Waals surface area (Å²) in [4.78, 5) is 10.9. The minimum atomic E-state index is -0.364. The van der Waals surface area contributed by atoms with Crippen molar-refractivity contribution in [3.8, 4) is 5.75 Å². The molecule has 3 nitrogen and oxygen atoms in total. The van der Waals surface area contributed by atoms with Gasteiger partial charge in [0.1, 0.15) is 12.4 Å². The molecule has 0 unspecified atom stereocenters. The molecule has 15 heavy (non-hydrogen) atoms. The van der Waals surface area contributed by atoms with Crippen LogP contribution < -0.4 is 4.74 Å². The number of ketones is 1. The lowest BCUT2D eigenvalue weighted by Gasteiger charge is -2.04. The molecule has 0 saturated carbocycles. The maximum atomic E-state index is 10.9. The standard InChI is InChI=1S/C12H16O3/c1-2-15-12-7-4-10(5-8-12)3-6-11(14)9-13/h4-5,7-8,13H,2-3,6,9H2,1H3. The molecule has 0 aromatic heterocycles. The van der Waals surface area contributed by atoms with Crippen molar-refractivity contribution in [2.45, 2.75) is 19.8 Å². The van der Waals surface area contributed by atoms with Crippen molar-refractivity contribution in [1.29, 1.82) is 0 Å². The number of benzene rings is 1. The molecule has 1 rings (SSSR count). The zero-order valence-electron chi connectivity index (χ0n) is 8.90. The second kappa shape index (κ2) is 6.19. The number of carbonyl (C=O) groups is 1. The third kappa shape index (κ3) is 4.13. The predicted molar refractivity (Wildman–Crippen MR) is 58.0 cm³/mol. The van der Waals surface area contributed by atoms with E-state index in [1.807, 2.05) is 31.2 Å². The van der Waals surface area contributed by atoms with Gasteiger partial charge in [-0.15, -0.1) is 0 Å². The summed E-state index contributed by atoms with van der Waals surface area (Å²) in [5, 5.41) is 8.56. The van der Waals surface area contributed by atoms with Gasteiger partial charge >= 0.3 is 0 Å². The molecule has 0 aliphatic rings. The lowest BCUT2D eigenvalue weighted by molar-refractivity contribution is -0.121. The quantitative estimate of drug-likeness (QED) is 0.772. The Labute approximate surface area is 89.7 Å². The van der Waals surface area contributed by atoms with Crippen LogP contribution in [0.5, 0.6) is 5.75 Å². The van der Waals surface area contributed by atoms with E-state index in [9.17, 15) is 4.79 Å². The monoisotopic (exact) mass is 208 g/mol. The van der Waals surface area contributed by atoms with Gasteiger partial charge in [-0.3, -0.25) is 4.79 Å². The molecule has 0 radical (unpaired) electrons. The Morgan fingerprint density at radius 3 is 2.53 bits per heavy atom. The summed E-state index contributed by atoms with van der Waals surface area (Å²) in [6.45, 7) is 2.23. The number of carbonyl (C=O) groups excluding carboxylic acids is 1. The Bertz CT molecular complexity index is 303. The summed E-state index contributed by atoms with van der Waals surface area (Å²) < 4.78 is 5.30. The van der Waals surface area contributed by atoms with Crippen molar-refractivity contribution in [1.82, 2.24) is 0 Å². The smallest absolute Gasteiger partial charge is 0.158 e. The van der Waals surface area contributed by atoms with E-state index < -0.39 is 0 Å². The van der Waals surface area contributed by atoms with Crippen LogP contribution in [0.1, 0.15) is 18.9 Å². The Balaban J connectivity index is 2.45. The number of Topliss-reactive ketones (excluding diaryl/α,β-unsaturated/α-hetero) is 1. The molecule has 0 heterocycles. The van der Waals surface area contributed by atoms with Gasteiger partial charge in [0, 0.05) is 6.42 Å². The van der Waals surface area contributed by atoms with Crippen LogP contribution in [0.3, 0.4) is 0 Å². The number of aryl methyl sites for hydroxylation is 1. The van der Waals surface area contributed by atoms with E-state index in [0.29, 0.717) is 19.4 Å². The average molecular weight is 208 g/mol. The van der Waals surface area contributed by atoms with Crippen LogP contribution in [0, 0.1) is 0 Å². The Hall–Kier alpha value is -1.35. The van der Waals surface area contributed by atoms with Crippen molar-refractivity contribution < 1.29 is 14.6 Å². The fourth-order valence-electron chi connectivity index (χ4n) is 1.28. The topological polar surface area (TPSA) is 46.5 Å². The highest BCUT2D eigenvalue weighted by atomic mass is 16.5. The maximum Gasteiger partial charge on any atom is 0.158 e. The molecule has 0 aliphatic carbocycles. The van der Waals surface area contributed by atoms with Crippen LogP contribution in [0.25, 0.3) is 0 Å². The highest BCUT2D eigenvalue weighted by molar-refractivity contribution is 5.79. The van der Waals surface area contributed by atoms with Gasteiger partial charge in [-0.05, 0) is 31.0 Å². The molecule has 0 saturated heterocycles. The number of aliphatic hydroxyl groups is 1. The van der Waals surface area contributed by atoms with Gasteiger partial charge in [0.05, 0.1) is 6.61 Å². The normalized spacial score (nSPS) is 10.0. The van der Waals surface area contributed by atoms with Crippen LogP contribution in [0.4, 0.5) is 0 Å². The minimum Gasteiger partial charge on any atom is -0.494 e. The second-order valence-corrected chi connectivity index (χ2v) is 3.27. The molecule has 1 aromatic carbocycles. The lowest BCUT2D eigenvalue weighted by atomic mass is 10.1. The summed E-state index contributed by atoms with van der Waals surface area (Å²) in [6, 6.07) is 7.66. The molecule has 0 atom stereocenters. The second-order valence-electron chi connectivity index (χ2n) is 3.27. The number of hydrogen-bond donors (Lipinski definition) is 1. The number of hydrogen-bond acceptors (Lipinski definition) is 3. The largest absolute Gasteiger partial charge is 0.494 e. The van der Waals surface area contributed by atoms with Crippen LogP contribution in [-0.4, -0.2) is 24.1 Å². The molecule has 0 spiro atoms. The first-order valence-corrected chi connectivity index (χ1v) is 5.10. The predicted octanol–water partition coefficient (Wildman–Crippen LogP) is 1.58. The molecular formula is C12H16O3. The lowest BCUT2D eigenvalue weighted by Crippen LogP contribution is -2.04. The fraction of sp³-hybridized carbons (Fsp3) is 0.417. The summed E-state index contributed by atoms with van der Waals surface area (Å²) in [5.41, 5.74) is 1.08. The van der Waals surface area contributed by atoms with Crippen molar-refractivity contribution in [3.05, 3.63) is 29.8 Å². The van der Waals surface area contributed by atoms with Crippen LogP contribution >= 0.6 is 0 Å². The SMILES string of the molecule is CCOc1ccc(CCC(=O)CO)cc1. The van der Waals surface area contributed by atoms with Gasteiger partial charge in [-0.2, -0.15) is 0 Å². The summed E-state index contributed by atoms with van der Waals surface area (Å²) in [7, 11) is 0. The third-order valence-electron chi connectivity index (χ3n) is 2.10. The highest BCUT2D eigenvalue weighted by Gasteiger charge is 2.00. The zero-order chi connectivity index (χ0) is 11.1. The van der Waals surface area contributed by atoms with Crippen LogP contribution in [0.2, 0.25) is 0 Å². The van der Waals surface area contributed by atoms with Crippen molar-refractivity contribution in [2.24, 2.45) is 0 Å². The minimum absolute atomic E-state index is 0.121. The molecule has 0 aliphatic heterocycles. The number of aliphatic hydroxyl groups excluding tert-OH is 1. The van der Waals surface area contributed by atoms with Gasteiger partial charge in [0.15, 0.2) is 5.78 Å². The third-order valence-corrected chi connectivity index (χ3v) is 2.10. The average Bonchev–Trinajstić information content (AvgIpc) is 2.28. The Morgan fingerprint density at radius 1 is 1.33 bits per heavy atom. The van der Waals surface area contributed by atoms with Gasteiger partial charge in [0.25, 0.3) is 0 Å². The van der Waals surface area contributed by atoms with E-state index in [4.69, 9.17) is 9.84 Å². The fourth-order valence-corrected chi connectivity index (χ4v) is 1.28. The van der Waals surface area contributed by atoms with Crippen molar-refractivity contribution in [2.75, 3.05) is 13.2 Å². The maximum absolute atomic E-state index is 10.9. The van der Waals surface area contributed by atoms with Gasteiger partial charge in [0.2, 0.25) is 0 Å². The van der Waals surface area contributed by atoms with E-state index in [0.717, 1.165) is 11.3 Å². The first-order valence-electron chi connectivity index (χ1n) is 5.10. The highest BCUT2D eigenvalue weighted by Crippen LogP contribution is 2.13. The first-order chi connectivity index (χ1) is 7.26. The summed E-state index contributed by atoms with van der Waals surface area (Å²) in [6.07, 6.45) is 1.07. The van der Waals surface area contributed by atoms with Crippen LogP contribution in [0.15, 0.2) is 24.3 Å². The van der Waals surface area contributed by atoms with Gasteiger partial charge < -0.3 is 9.84 Å². The molecule has 1 aromatic rings. The molecule has 3 heteroatoms. The van der Waals surface area contributed by atoms with Gasteiger partial charge in [-0.1, -0.05) is 12.1 Å². The molecule has 0 fully saturated rings. The molecular weight excluding hydrogens is 192 g/mol. The number of ether oxygens (including phenoxy) is 1. The summed E-state index contributed by atoms with van der Waals surface area (Å²) in [5.74, 6) is 0.721. The van der Waals surface area contributed by atoms with E-state index in [1.165, 1.54) is 0 Å². The van der Waals surface area contributed by atoms with Gasteiger partial charge in [-0.25, -0.2) is 0 Å². The zero-order valence-corrected chi connectivity index (χ0v) is 8.90. The van der Waals surface area contributed by atoms with E-state index >= 15 is 0 Å². The van der Waals surface area contributed by atoms with E-state index in [-0.39, 0.29) is 12.4 Å². The molecule has 82 valence electrons. The molecule has 0 bridgehead atoms. The Kier molecular flexibility index (Phi) is 4.84. The van der Waals surface area contributed by atoms with Crippen molar-refractivity contribution >= 4 is 5.78 Å². The molecule has 1 N–H and O–H groups in total. The molecule has 0 amide bonds. The van der Waals surface area contributed by atoms with E-state index in [2.05, 4.69) is 0 Å². The first kappa shape index (κ1) is 11.7. The van der Waals surface area contributed by atoms with Crippen molar-refractivity contribution in [3.63, 3.8) is 0 Å². The number of rotatable bonds is 6. The van der Waals surface area contributed by atoms with Crippen LogP contribution in [-0.2, 0) is 11.2 Å².